The van der Waals surface area contributed by atoms with E-state index in [1.807, 2.05) is 0 Å². The van der Waals surface area contributed by atoms with E-state index in [9.17, 15) is 9.59 Å². The first-order valence-electron chi connectivity index (χ1n) is 12.8. The lowest BCUT2D eigenvalue weighted by molar-refractivity contribution is -0.148. The molecule has 3 heteroatoms. The second kappa shape index (κ2) is 8.52. The second-order valence-electron chi connectivity index (χ2n) is 11.8. The third-order valence-electron chi connectivity index (χ3n) is 9.45. The lowest BCUT2D eigenvalue weighted by Gasteiger charge is -2.54. The van der Waals surface area contributed by atoms with Gasteiger partial charge in [-0.25, -0.2) is 0 Å². The summed E-state index contributed by atoms with van der Waals surface area (Å²) in [5.41, 5.74) is 3.44. The fourth-order valence-electron chi connectivity index (χ4n) is 7.69. The quantitative estimate of drug-likeness (QED) is 0.438. The minimum Gasteiger partial charge on any atom is -0.462 e. The Hall–Kier alpha value is -1.38. The van der Waals surface area contributed by atoms with Crippen LogP contribution in [0.1, 0.15) is 98.8 Å². The minimum absolute atomic E-state index is 0.0416. The lowest BCUT2D eigenvalue weighted by Crippen LogP contribution is -2.47. The van der Waals surface area contributed by atoms with Gasteiger partial charge in [-0.3, -0.25) is 9.59 Å². The number of Topliss-reactive ketones (excluding diaryl/α,β-unsaturated/α-hetero) is 1. The van der Waals surface area contributed by atoms with Crippen LogP contribution in [0, 0.1) is 34.5 Å². The Bertz CT molecular complexity index is 790. The van der Waals surface area contributed by atoms with Crippen LogP contribution in [0.5, 0.6) is 0 Å². The van der Waals surface area contributed by atoms with E-state index >= 15 is 0 Å². The molecule has 0 spiro atoms. The summed E-state index contributed by atoms with van der Waals surface area (Å²) in [7, 11) is 0. The third kappa shape index (κ3) is 4.07. The monoisotopic (exact) mass is 426 g/mol. The molecule has 4 rings (SSSR count). The van der Waals surface area contributed by atoms with Gasteiger partial charge >= 0.3 is 5.97 Å². The van der Waals surface area contributed by atoms with Crippen LogP contribution in [-0.2, 0) is 14.3 Å². The molecule has 6 atom stereocenters. The first kappa shape index (κ1) is 22.8. The van der Waals surface area contributed by atoms with Crippen LogP contribution in [0.25, 0.3) is 0 Å². The average Bonchev–Trinajstić information content (AvgIpc) is 3.05. The van der Waals surface area contributed by atoms with Gasteiger partial charge in [0, 0.05) is 25.7 Å². The summed E-state index contributed by atoms with van der Waals surface area (Å²) < 4.78 is 5.56. The molecular weight excluding hydrogens is 384 g/mol. The van der Waals surface area contributed by atoms with Crippen LogP contribution >= 0.6 is 0 Å². The zero-order chi connectivity index (χ0) is 22.4. The predicted molar refractivity (Wildman–Crippen MR) is 124 cm³/mol. The number of ketones is 1. The van der Waals surface area contributed by atoms with Crippen molar-refractivity contribution in [2.45, 2.75) is 105 Å². The van der Waals surface area contributed by atoms with Crippen molar-refractivity contribution in [3.63, 3.8) is 0 Å². The summed E-state index contributed by atoms with van der Waals surface area (Å²) in [4.78, 5) is 24.6. The molecule has 0 N–H and O–H groups in total. The van der Waals surface area contributed by atoms with Gasteiger partial charge in [-0.15, -0.1) is 0 Å². The molecule has 0 aromatic heterocycles. The number of ether oxygens (including phenoxy) is 1. The zero-order valence-corrected chi connectivity index (χ0v) is 20.3. The van der Waals surface area contributed by atoms with Gasteiger partial charge in [0.05, 0.1) is 0 Å². The van der Waals surface area contributed by atoms with Crippen molar-refractivity contribution in [1.82, 2.24) is 0 Å². The van der Waals surface area contributed by atoms with Crippen LogP contribution < -0.4 is 0 Å². The highest BCUT2D eigenvalue weighted by molar-refractivity contribution is 5.82. The number of rotatable bonds is 6. The van der Waals surface area contributed by atoms with E-state index < -0.39 is 0 Å². The Morgan fingerprint density at radius 3 is 2.55 bits per heavy atom. The summed E-state index contributed by atoms with van der Waals surface area (Å²) >= 11 is 0. The largest absolute Gasteiger partial charge is 0.462 e. The van der Waals surface area contributed by atoms with E-state index in [1.165, 1.54) is 31.8 Å². The fourth-order valence-corrected chi connectivity index (χ4v) is 7.69. The minimum atomic E-state index is -0.162. The number of carbonyl (C=O) groups is 2. The maximum atomic E-state index is 13.2. The summed E-state index contributed by atoms with van der Waals surface area (Å²) in [6.45, 7) is 10.9. The molecule has 31 heavy (non-hydrogen) atoms. The van der Waals surface area contributed by atoms with Gasteiger partial charge in [0.2, 0.25) is 0 Å². The molecule has 3 saturated carbocycles. The molecule has 172 valence electrons. The second-order valence-corrected chi connectivity index (χ2v) is 11.8. The Labute approximate surface area is 189 Å². The van der Waals surface area contributed by atoms with E-state index in [4.69, 9.17) is 4.74 Å². The average molecular weight is 427 g/mol. The molecule has 0 radical (unpaired) electrons. The van der Waals surface area contributed by atoms with Crippen molar-refractivity contribution in [3.8, 4) is 0 Å². The first-order chi connectivity index (χ1) is 14.6. The molecule has 0 amide bonds. The highest BCUT2D eigenvalue weighted by Gasteiger charge is 2.57. The van der Waals surface area contributed by atoms with E-state index in [2.05, 4.69) is 39.8 Å². The van der Waals surface area contributed by atoms with Gasteiger partial charge in [0.1, 0.15) is 11.9 Å². The molecule has 0 aromatic carbocycles. The van der Waals surface area contributed by atoms with Gasteiger partial charge in [0.15, 0.2) is 0 Å². The van der Waals surface area contributed by atoms with Gasteiger partial charge in [0.25, 0.3) is 0 Å². The lowest BCUT2D eigenvalue weighted by atomic mass is 9.50. The highest BCUT2D eigenvalue weighted by atomic mass is 16.5. The van der Waals surface area contributed by atoms with Crippen molar-refractivity contribution < 1.29 is 14.3 Å². The molecule has 3 fully saturated rings. The normalized spacial score (nSPS) is 39.2. The van der Waals surface area contributed by atoms with E-state index in [0.29, 0.717) is 23.5 Å². The molecule has 0 aliphatic heterocycles. The standard InChI is InChI=1S/C28H42O3/c1-18(2)7-6-8-26(30)25-12-11-23-22-10-9-20-17-21(31-19(3)29)13-15-27(20,4)24(22)14-16-28(23,25)5/h9-10,18,21,23-25H,6-8,11-17H2,1-5H3/t21-,23-,24-,25+,27-,28-/m0/s1. The van der Waals surface area contributed by atoms with Crippen LogP contribution in [0.3, 0.4) is 0 Å². The topological polar surface area (TPSA) is 43.4 Å². The molecule has 3 nitrogen and oxygen atoms in total. The van der Waals surface area contributed by atoms with Crippen LogP contribution in [-0.4, -0.2) is 17.9 Å². The Balaban J connectivity index is 1.51. The fraction of sp³-hybridized carbons (Fsp3) is 0.786. The van der Waals surface area contributed by atoms with Crippen molar-refractivity contribution in [2.75, 3.05) is 0 Å². The van der Waals surface area contributed by atoms with Crippen LogP contribution in [0.15, 0.2) is 23.3 Å². The summed E-state index contributed by atoms with van der Waals surface area (Å²) in [6.07, 6.45) is 15.4. The zero-order valence-electron chi connectivity index (χ0n) is 20.3. The summed E-state index contributed by atoms with van der Waals surface area (Å²) in [6, 6.07) is 0. The van der Waals surface area contributed by atoms with Gasteiger partial charge in [-0.1, -0.05) is 57.4 Å². The molecule has 4 aliphatic carbocycles. The number of hydrogen-bond acceptors (Lipinski definition) is 3. The van der Waals surface area contributed by atoms with E-state index in [-0.39, 0.29) is 28.8 Å². The van der Waals surface area contributed by atoms with Gasteiger partial charge in [-0.2, -0.15) is 0 Å². The van der Waals surface area contributed by atoms with Crippen molar-refractivity contribution in [2.24, 2.45) is 34.5 Å². The Morgan fingerprint density at radius 2 is 1.84 bits per heavy atom. The van der Waals surface area contributed by atoms with Crippen molar-refractivity contribution >= 4 is 11.8 Å². The molecule has 0 bridgehead atoms. The first-order valence-corrected chi connectivity index (χ1v) is 12.8. The number of hydrogen-bond donors (Lipinski definition) is 0. The number of esters is 1. The molecule has 4 aliphatic rings. The smallest absolute Gasteiger partial charge is 0.302 e. The van der Waals surface area contributed by atoms with Crippen LogP contribution in [0.2, 0.25) is 0 Å². The van der Waals surface area contributed by atoms with E-state index in [0.717, 1.165) is 44.9 Å². The Kier molecular flexibility index (Phi) is 6.27. The molecular formula is C28H42O3. The maximum Gasteiger partial charge on any atom is 0.302 e. The summed E-state index contributed by atoms with van der Waals surface area (Å²) in [5.74, 6) is 2.46. The van der Waals surface area contributed by atoms with E-state index in [1.54, 1.807) is 5.57 Å². The number of fused-ring (bicyclic) bond motifs is 5. The third-order valence-corrected chi connectivity index (χ3v) is 9.45. The highest BCUT2D eigenvalue weighted by Crippen LogP contribution is 2.65. The van der Waals surface area contributed by atoms with Gasteiger partial charge < -0.3 is 4.74 Å². The predicted octanol–water partition coefficient (Wildman–Crippen LogP) is 6.81. The number of allylic oxidation sites excluding steroid dienone is 3. The SMILES string of the molecule is CC(=O)O[C@H]1CC[C@@]2(C)C(=CC=C3[C@@H]4CC[C@H](C(=O)CCCC(C)C)[C@@]4(C)CC[C@@H]32)C1. The Morgan fingerprint density at radius 1 is 1.06 bits per heavy atom. The van der Waals surface area contributed by atoms with Crippen LogP contribution in [0.4, 0.5) is 0 Å². The summed E-state index contributed by atoms with van der Waals surface area (Å²) in [5, 5.41) is 0. The molecule has 0 aromatic rings. The maximum absolute atomic E-state index is 13.2. The van der Waals surface area contributed by atoms with Gasteiger partial charge in [-0.05, 0) is 73.5 Å². The molecule has 0 saturated heterocycles. The van der Waals surface area contributed by atoms with Crippen molar-refractivity contribution in [1.29, 1.82) is 0 Å². The number of carbonyl (C=O) groups excluding carboxylic acids is 2. The molecule has 0 heterocycles. The molecule has 0 unspecified atom stereocenters. The van der Waals surface area contributed by atoms with Crippen molar-refractivity contribution in [3.05, 3.63) is 23.3 Å².